The molecule has 0 aliphatic heterocycles. The van der Waals surface area contributed by atoms with Gasteiger partial charge < -0.3 is 9.84 Å². The van der Waals surface area contributed by atoms with Gasteiger partial charge in [-0.05, 0) is 29.8 Å². The maximum Gasteiger partial charge on any atom is 0.314 e. The second-order valence-electron chi connectivity index (χ2n) is 6.09. The van der Waals surface area contributed by atoms with Crippen LogP contribution in [0.2, 0.25) is 0 Å². The van der Waals surface area contributed by atoms with Gasteiger partial charge in [-0.1, -0.05) is 30.3 Å². The van der Waals surface area contributed by atoms with Crippen LogP contribution < -0.4 is 0 Å². The lowest BCUT2D eigenvalue weighted by atomic mass is 10.00. The maximum atomic E-state index is 13.6. The Morgan fingerprint density at radius 2 is 1.88 bits per heavy atom. The molecule has 0 amide bonds. The monoisotopic (exact) mass is 364 g/mol. The highest BCUT2D eigenvalue weighted by molar-refractivity contribution is 7.92. The average Bonchev–Trinajstić information content (AvgIpc) is 3.27. The molecule has 1 fully saturated rings. The van der Waals surface area contributed by atoms with E-state index in [0.29, 0.717) is 5.56 Å². The van der Waals surface area contributed by atoms with Gasteiger partial charge in [-0.3, -0.25) is 4.79 Å². The molecule has 0 saturated heterocycles. The smallest absolute Gasteiger partial charge is 0.314 e. The number of carboxylic acids is 1. The van der Waals surface area contributed by atoms with Gasteiger partial charge in [0.1, 0.15) is 11.2 Å². The van der Waals surface area contributed by atoms with Gasteiger partial charge in [0.15, 0.2) is 9.84 Å². The van der Waals surface area contributed by atoms with Gasteiger partial charge in [-0.15, -0.1) is 0 Å². The van der Waals surface area contributed by atoms with E-state index >= 15 is 0 Å². The number of benzene rings is 2. The molecule has 2 aromatic rings. The number of rotatable bonds is 6. The van der Waals surface area contributed by atoms with Crippen molar-refractivity contribution in [2.75, 3.05) is 13.7 Å². The molecule has 25 heavy (non-hydrogen) atoms. The van der Waals surface area contributed by atoms with E-state index in [2.05, 4.69) is 0 Å². The summed E-state index contributed by atoms with van der Waals surface area (Å²) < 4.78 is 44.7. The molecule has 0 bridgehead atoms. The Bertz CT molecular complexity index is 897. The van der Waals surface area contributed by atoms with Crippen LogP contribution in [0.4, 0.5) is 4.39 Å². The zero-order chi connectivity index (χ0) is 18.2. The molecular formula is C18H17FO5S. The zero-order valence-corrected chi connectivity index (χ0v) is 14.2. The minimum atomic E-state index is -3.93. The number of halogens is 1. The molecule has 2 aromatic carbocycles. The van der Waals surface area contributed by atoms with Crippen molar-refractivity contribution in [3.63, 3.8) is 0 Å². The topological polar surface area (TPSA) is 80.7 Å². The molecule has 5 nitrogen and oxygen atoms in total. The van der Waals surface area contributed by atoms with Crippen molar-refractivity contribution in [1.82, 2.24) is 0 Å². The average molecular weight is 364 g/mol. The Labute approximate surface area is 145 Å². The third kappa shape index (κ3) is 2.73. The van der Waals surface area contributed by atoms with Crippen molar-refractivity contribution in [2.45, 2.75) is 16.1 Å². The van der Waals surface area contributed by atoms with Crippen LogP contribution >= 0.6 is 0 Å². The number of methoxy groups -OCH3 is 1. The molecular weight excluding hydrogens is 347 g/mol. The minimum absolute atomic E-state index is 0.0423. The van der Waals surface area contributed by atoms with Gasteiger partial charge in [0.2, 0.25) is 0 Å². The molecule has 3 unspecified atom stereocenters. The summed E-state index contributed by atoms with van der Waals surface area (Å²) in [6.07, 6.45) is 0. The van der Waals surface area contributed by atoms with Crippen molar-refractivity contribution in [1.29, 1.82) is 0 Å². The highest BCUT2D eigenvalue weighted by Gasteiger charge is 2.76. The lowest BCUT2D eigenvalue weighted by molar-refractivity contribution is -0.145. The number of carbonyl (C=O) groups is 1. The fourth-order valence-corrected chi connectivity index (χ4v) is 5.90. The van der Waals surface area contributed by atoms with Gasteiger partial charge >= 0.3 is 5.97 Å². The van der Waals surface area contributed by atoms with Crippen LogP contribution in [0.15, 0.2) is 59.5 Å². The number of ether oxygens (including phenoxy) is 1. The molecule has 7 heteroatoms. The number of hydrogen-bond donors (Lipinski definition) is 1. The summed E-state index contributed by atoms with van der Waals surface area (Å²) in [7, 11) is -2.62. The summed E-state index contributed by atoms with van der Waals surface area (Å²) in [5.41, 5.74) is -1.30. The van der Waals surface area contributed by atoms with E-state index in [-0.39, 0.29) is 11.5 Å². The van der Waals surface area contributed by atoms with E-state index in [1.165, 1.54) is 37.4 Å². The SMILES string of the molecule is COCC1(C(=O)O)C(c2cccc(F)c2)C1S(=O)(=O)c1ccccc1. The molecule has 1 saturated carbocycles. The van der Waals surface area contributed by atoms with Crippen LogP contribution in [0.1, 0.15) is 11.5 Å². The number of aliphatic carboxylic acids is 1. The van der Waals surface area contributed by atoms with Crippen molar-refractivity contribution in [2.24, 2.45) is 5.41 Å². The highest BCUT2D eigenvalue weighted by Crippen LogP contribution is 2.64. The van der Waals surface area contributed by atoms with Crippen LogP contribution in [0, 0.1) is 11.2 Å². The minimum Gasteiger partial charge on any atom is -0.481 e. The first-order valence-electron chi connectivity index (χ1n) is 7.62. The Morgan fingerprint density at radius 1 is 1.20 bits per heavy atom. The molecule has 132 valence electrons. The molecule has 0 heterocycles. The Balaban J connectivity index is 2.14. The fourth-order valence-electron chi connectivity index (χ4n) is 3.52. The highest BCUT2D eigenvalue weighted by atomic mass is 32.2. The van der Waals surface area contributed by atoms with Gasteiger partial charge in [0.25, 0.3) is 0 Å². The molecule has 0 spiro atoms. The van der Waals surface area contributed by atoms with E-state index in [4.69, 9.17) is 4.74 Å². The van der Waals surface area contributed by atoms with E-state index in [0.717, 1.165) is 0 Å². The van der Waals surface area contributed by atoms with Crippen LogP contribution in [-0.4, -0.2) is 38.5 Å². The summed E-state index contributed by atoms with van der Waals surface area (Å²) in [5, 5.41) is 8.56. The predicted octanol–water partition coefficient (Wildman–Crippen LogP) is 2.48. The molecule has 3 atom stereocenters. The zero-order valence-electron chi connectivity index (χ0n) is 13.4. The van der Waals surface area contributed by atoms with Crippen molar-refractivity contribution in [3.05, 3.63) is 66.0 Å². The Kier molecular flexibility index (Phi) is 4.38. The first kappa shape index (κ1) is 17.6. The molecule has 0 aromatic heterocycles. The Hall–Kier alpha value is -2.25. The van der Waals surface area contributed by atoms with Crippen molar-refractivity contribution >= 4 is 15.8 Å². The predicted molar refractivity (Wildman–Crippen MR) is 88.5 cm³/mol. The molecule has 1 aliphatic rings. The molecule has 1 N–H and O–H groups in total. The summed E-state index contributed by atoms with van der Waals surface area (Å²) in [4.78, 5) is 12.0. The Morgan fingerprint density at radius 3 is 2.44 bits per heavy atom. The molecule has 3 rings (SSSR count). The normalized spacial score (nSPS) is 25.5. The number of hydrogen-bond acceptors (Lipinski definition) is 4. The van der Waals surface area contributed by atoms with E-state index < -0.39 is 38.2 Å². The first-order valence-corrected chi connectivity index (χ1v) is 9.17. The van der Waals surface area contributed by atoms with Crippen LogP contribution in [0.25, 0.3) is 0 Å². The van der Waals surface area contributed by atoms with Gasteiger partial charge in [0.05, 0.1) is 16.8 Å². The first-order chi connectivity index (χ1) is 11.9. The van der Waals surface area contributed by atoms with E-state index in [1.54, 1.807) is 24.3 Å². The van der Waals surface area contributed by atoms with Gasteiger partial charge in [-0.2, -0.15) is 0 Å². The molecule has 1 aliphatic carbocycles. The fraction of sp³-hybridized carbons (Fsp3) is 0.278. The largest absolute Gasteiger partial charge is 0.481 e. The molecule has 0 radical (unpaired) electrons. The van der Waals surface area contributed by atoms with E-state index in [1.807, 2.05) is 0 Å². The lowest BCUT2D eigenvalue weighted by Crippen LogP contribution is -2.28. The number of sulfone groups is 1. The van der Waals surface area contributed by atoms with Crippen molar-refractivity contribution < 1.29 is 27.4 Å². The summed E-state index contributed by atoms with van der Waals surface area (Å²) in [5.74, 6) is -2.70. The second kappa shape index (κ2) is 6.24. The van der Waals surface area contributed by atoms with Crippen LogP contribution in [0.3, 0.4) is 0 Å². The third-order valence-electron chi connectivity index (χ3n) is 4.65. The summed E-state index contributed by atoms with van der Waals surface area (Å²) >= 11 is 0. The summed E-state index contributed by atoms with van der Waals surface area (Å²) in [6, 6.07) is 13.1. The second-order valence-corrected chi connectivity index (χ2v) is 8.16. The number of carboxylic acid groups (broad SMARTS) is 1. The van der Waals surface area contributed by atoms with Gasteiger partial charge in [0, 0.05) is 13.0 Å². The van der Waals surface area contributed by atoms with Crippen LogP contribution in [0.5, 0.6) is 0 Å². The standard InChI is InChI=1S/C18H17FO5S/c1-24-11-18(17(20)21)15(12-6-5-7-13(19)10-12)16(18)25(22,23)14-8-3-2-4-9-14/h2-10,15-16H,11H2,1H3,(H,20,21). The van der Waals surface area contributed by atoms with Crippen molar-refractivity contribution in [3.8, 4) is 0 Å². The van der Waals surface area contributed by atoms with Gasteiger partial charge in [-0.25, -0.2) is 12.8 Å². The lowest BCUT2D eigenvalue weighted by Gasteiger charge is -2.12. The summed E-state index contributed by atoms with van der Waals surface area (Å²) in [6.45, 7) is -0.278. The van der Waals surface area contributed by atoms with Crippen LogP contribution in [-0.2, 0) is 19.4 Å². The van der Waals surface area contributed by atoms with E-state index in [9.17, 15) is 22.7 Å². The maximum absolute atomic E-state index is 13.6. The third-order valence-corrected chi connectivity index (χ3v) is 6.94. The quantitative estimate of drug-likeness (QED) is 0.852.